The SMILES string of the molecule is CCn1nc(C)nc1NC(=O)NCC(C)(O)c1cccc(F)c1. The van der Waals surface area contributed by atoms with Crippen LogP contribution in [-0.4, -0.2) is 32.4 Å². The van der Waals surface area contributed by atoms with Crippen molar-refractivity contribution in [1.82, 2.24) is 20.1 Å². The molecule has 2 aromatic rings. The first-order chi connectivity index (χ1) is 10.8. The van der Waals surface area contributed by atoms with Gasteiger partial charge in [-0.2, -0.15) is 10.1 Å². The molecular weight excluding hydrogens is 301 g/mol. The van der Waals surface area contributed by atoms with E-state index in [-0.39, 0.29) is 6.54 Å². The minimum Gasteiger partial charge on any atom is -0.384 e. The molecule has 2 amide bonds. The molecule has 7 nitrogen and oxygen atoms in total. The lowest BCUT2D eigenvalue weighted by atomic mass is 9.96. The highest BCUT2D eigenvalue weighted by molar-refractivity contribution is 5.87. The summed E-state index contributed by atoms with van der Waals surface area (Å²) in [6, 6.07) is 5.10. The number of aliphatic hydroxyl groups is 1. The van der Waals surface area contributed by atoms with Crippen LogP contribution < -0.4 is 10.6 Å². The fraction of sp³-hybridized carbons (Fsp3) is 0.400. The Bertz CT molecular complexity index is 699. The van der Waals surface area contributed by atoms with Gasteiger partial charge in [0.2, 0.25) is 5.95 Å². The zero-order valence-electron chi connectivity index (χ0n) is 13.3. The second-order valence-electron chi connectivity index (χ2n) is 5.39. The number of hydrogen-bond donors (Lipinski definition) is 3. The maximum absolute atomic E-state index is 13.2. The Hall–Kier alpha value is -2.48. The van der Waals surface area contributed by atoms with Gasteiger partial charge in [-0.25, -0.2) is 13.9 Å². The number of anilines is 1. The number of amides is 2. The molecule has 0 spiro atoms. The first-order valence-corrected chi connectivity index (χ1v) is 7.26. The highest BCUT2D eigenvalue weighted by Gasteiger charge is 2.24. The van der Waals surface area contributed by atoms with Crippen molar-refractivity contribution in [3.63, 3.8) is 0 Å². The van der Waals surface area contributed by atoms with Crippen molar-refractivity contribution in [3.8, 4) is 0 Å². The summed E-state index contributed by atoms with van der Waals surface area (Å²) in [5, 5.41) is 19.6. The molecular formula is C15H20FN5O2. The molecule has 0 aliphatic rings. The smallest absolute Gasteiger partial charge is 0.321 e. The van der Waals surface area contributed by atoms with E-state index in [2.05, 4.69) is 20.7 Å². The van der Waals surface area contributed by atoms with Gasteiger partial charge in [-0.3, -0.25) is 5.32 Å². The van der Waals surface area contributed by atoms with E-state index in [4.69, 9.17) is 0 Å². The third-order valence-corrected chi connectivity index (χ3v) is 3.34. The lowest BCUT2D eigenvalue weighted by molar-refractivity contribution is 0.0596. The summed E-state index contributed by atoms with van der Waals surface area (Å²) in [5.74, 6) is 0.431. The first-order valence-electron chi connectivity index (χ1n) is 7.26. The molecule has 0 saturated heterocycles. The molecule has 8 heteroatoms. The van der Waals surface area contributed by atoms with E-state index >= 15 is 0 Å². The van der Waals surface area contributed by atoms with E-state index in [0.29, 0.717) is 23.9 Å². The Labute approximate surface area is 133 Å². The standard InChI is InChI=1S/C15H20FN5O2/c1-4-21-13(18-10(2)20-21)19-14(22)17-9-15(3,23)11-6-5-7-12(16)8-11/h5-8,23H,4,9H2,1-3H3,(H2,17,18,19,20,22). The maximum Gasteiger partial charge on any atom is 0.321 e. The van der Waals surface area contributed by atoms with Crippen LogP contribution in [-0.2, 0) is 12.1 Å². The number of halogens is 1. The monoisotopic (exact) mass is 321 g/mol. The summed E-state index contributed by atoms with van der Waals surface area (Å²) in [7, 11) is 0. The van der Waals surface area contributed by atoms with Gasteiger partial charge in [0.05, 0.1) is 6.54 Å². The Morgan fingerprint density at radius 1 is 1.48 bits per heavy atom. The van der Waals surface area contributed by atoms with Crippen molar-refractivity contribution in [1.29, 1.82) is 0 Å². The van der Waals surface area contributed by atoms with Crippen molar-refractivity contribution < 1.29 is 14.3 Å². The Balaban J connectivity index is 1.98. The second kappa shape index (κ2) is 6.74. The van der Waals surface area contributed by atoms with Gasteiger partial charge in [0.15, 0.2) is 0 Å². The van der Waals surface area contributed by atoms with Gasteiger partial charge in [0.25, 0.3) is 0 Å². The lowest BCUT2D eigenvalue weighted by Crippen LogP contribution is -2.41. The average Bonchev–Trinajstić information content (AvgIpc) is 2.85. The van der Waals surface area contributed by atoms with E-state index < -0.39 is 17.4 Å². The van der Waals surface area contributed by atoms with Crippen LogP contribution in [0.5, 0.6) is 0 Å². The number of hydrogen-bond acceptors (Lipinski definition) is 4. The molecule has 1 heterocycles. The van der Waals surface area contributed by atoms with Crippen molar-refractivity contribution in [2.75, 3.05) is 11.9 Å². The molecule has 0 bridgehead atoms. The number of rotatable bonds is 5. The van der Waals surface area contributed by atoms with Crippen molar-refractivity contribution in [2.45, 2.75) is 32.9 Å². The van der Waals surface area contributed by atoms with Crippen LogP contribution in [0.15, 0.2) is 24.3 Å². The third kappa shape index (κ3) is 4.26. The largest absolute Gasteiger partial charge is 0.384 e. The molecule has 0 aliphatic carbocycles. The second-order valence-corrected chi connectivity index (χ2v) is 5.39. The first kappa shape index (κ1) is 16.9. The molecule has 1 unspecified atom stereocenters. The molecule has 1 atom stereocenters. The molecule has 1 aromatic carbocycles. The maximum atomic E-state index is 13.2. The molecule has 1 aromatic heterocycles. The van der Waals surface area contributed by atoms with Crippen LogP contribution >= 0.6 is 0 Å². The van der Waals surface area contributed by atoms with Crippen LogP contribution in [0, 0.1) is 12.7 Å². The highest BCUT2D eigenvalue weighted by atomic mass is 19.1. The van der Waals surface area contributed by atoms with E-state index in [1.54, 1.807) is 17.7 Å². The summed E-state index contributed by atoms with van der Waals surface area (Å²) >= 11 is 0. The van der Waals surface area contributed by atoms with E-state index in [9.17, 15) is 14.3 Å². The Kier molecular flexibility index (Phi) is 4.95. The molecule has 23 heavy (non-hydrogen) atoms. The summed E-state index contributed by atoms with van der Waals surface area (Å²) in [5.41, 5.74) is -1.02. The zero-order valence-corrected chi connectivity index (χ0v) is 13.3. The van der Waals surface area contributed by atoms with E-state index in [1.165, 1.54) is 25.1 Å². The minimum atomic E-state index is -1.40. The normalized spacial score (nSPS) is 13.4. The van der Waals surface area contributed by atoms with Gasteiger partial charge in [0.1, 0.15) is 17.2 Å². The number of carbonyl (C=O) groups is 1. The molecule has 0 fully saturated rings. The number of benzene rings is 1. The minimum absolute atomic E-state index is 0.0818. The highest BCUT2D eigenvalue weighted by Crippen LogP contribution is 2.20. The average molecular weight is 321 g/mol. The van der Waals surface area contributed by atoms with E-state index in [1.807, 2.05) is 6.92 Å². The van der Waals surface area contributed by atoms with Gasteiger partial charge in [0, 0.05) is 6.54 Å². The molecule has 0 saturated carbocycles. The summed E-state index contributed by atoms with van der Waals surface area (Å²) < 4.78 is 14.8. The third-order valence-electron chi connectivity index (χ3n) is 3.34. The van der Waals surface area contributed by atoms with Crippen molar-refractivity contribution in [3.05, 3.63) is 41.5 Å². The number of nitrogens with zero attached hydrogens (tertiary/aromatic N) is 3. The number of carbonyl (C=O) groups excluding carboxylic acids is 1. The lowest BCUT2D eigenvalue weighted by Gasteiger charge is -2.24. The Morgan fingerprint density at radius 2 is 2.22 bits per heavy atom. The topological polar surface area (TPSA) is 92.1 Å². The summed E-state index contributed by atoms with van der Waals surface area (Å²) in [6.45, 7) is 5.59. The Morgan fingerprint density at radius 3 is 2.87 bits per heavy atom. The van der Waals surface area contributed by atoms with Crippen LogP contribution in [0.1, 0.15) is 25.2 Å². The van der Waals surface area contributed by atoms with Gasteiger partial charge in [-0.1, -0.05) is 12.1 Å². The molecule has 0 aliphatic heterocycles. The molecule has 2 rings (SSSR count). The molecule has 0 radical (unpaired) electrons. The predicted molar refractivity (Wildman–Crippen MR) is 83.4 cm³/mol. The summed E-state index contributed by atoms with van der Waals surface area (Å²) in [6.07, 6.45) is 0. The fourth-order valence-electron chi connectivity index (χ4n) is 2.09. The van der Waals surface area contributed by atoms with Crippen molar-refractivity contribution >= 4 is 12.0 Å². The van der Waals surface area contributed by atoms with Gasteiger partial charge >= 0.3 is 6.03 Å². The van der Waals surface area contributed by atoms with Crippen LogP contribution in [0.25, 0.3) is 0 Å². The summed E-state index contributed by atoms with van der Waals surface area (Å²) in [4.78, 5) is 16.0. The van der Waals surface area contributed by atoms with Gasteiger partial charge in [-0.05, 0) is 38.5 Å². The quantitative estimate of drug-likeness (QED) is 0.782. The number of aromatic nitrogens is 3. The van der Waals surface area contributed by atoms with Crippen LogP contribution in [0.3, 0.4) is 0 Å². The van der Waals surface area contributed by atoms with Crippen LogP contribution in [0.4, 0.5) is 15.1 Å². The molecule has 3 N–H and O–H groups in total. The van der Waals surface area contributed by atoms with E-state index in [0.717, 1.165) is 0 Å². The van der Waals surface area contributed by atoms with Gasteiger partial charge in [-0.15, -0.1) is 0 Å². The zero-order chi connectivity index (χ0) is 17.0. The fourth-order valence-corrected chi connectivity index (χ4v) is 2.09. The van der Waals surface area contributed by atoms with Crippen molar-refractivity contribution in [2.24, 2.45) is 0 Å². The van der Waals surface area contributed by atoms with Gasteiger partial charge < -0.3 is 10.4 Å². The van der Waals surface area contributed by atoms with Crippen LogP contribution in [0.2, 0.25) is 0 Å². The number of aryl methyl sites for hydroxylation is 2. The molecule has 124 valence electrons. The number of urea groups is 1. The predicted octanol–water partition coefficient (Wildman–Crippen LogP) is 1.77. The number of nitrogens with one attached hydrogen (secondary N) is 2.